The van der Waals surface area contributed by atoms with E-state index in [1.54, 1.807) is 50.6 Å². The van der Waals surface area contributed by atoms with Gasteiger partial charge in [-0.3, -0.25) is 19.4 Å². The van der Waals surface area contributed by atoms with Gasteiger partial charge in [0.2, 0.25) is 22.4 Å². The van der Waals surface area contributed by atoms with Crippen LogP contribution in [0.5, 0.6) is 34.5 Å². The zero-order valence-corrected chi connectivity index (χ0v) is 46.8. The highest BCUT2D eigenvalue weighted by Gasteiger charge is 2.22. The number of nitrogens with zero attached hydrogens (tertiary/aromatic N) is 8. The van der Waals surface area contributed by atoms with E-state index in [-0.39, 0.29) is 35.6 Å². The Balaban J connectivity index is 0.555. The number of para-hydroxylation sites is 2. The first-order valence-corrected chi connectivity index (χ1v) is 27.8. The van der Waals surface area contributed by atoms with Gasteiger partial charge in [0.05, 0.1) is 75.9 Å². The van der Waals surface area contributed by atoms with Gasteiger partial charge in [-0.25, -0.2) is 9.36 Å². The van der Waals surface area contributed by atoms with Crippen LogP contribution in [0.2, 0.25) is 0 Å². The van der Waals surface area contributed by atoms with Gasteiger partial charge in [0.1, 0.15) is 60.6 Å². The van der Waals surface area contributed by atoms with Gasteiger partial charge < -0.3 is 46.7 Å². The molecule has 10 aromatic rings. The Bertz CT molecular complexity index is 3640. The van der Waals surface area contributed by atoms with Gasteiger partial charge in [-0.1, -0.05) is 59.0 Å². The highest BCUT2D eigenvalue weighted by atomic mass is 16.5. The normalized spacial score (nSPS) is 12.9. The minimum absolute atomic E-state index is 0.136. The van der Waals surface area contributed by atoms with Crippen LogP contribution in [0.4, 0.5) is 0 Å². The summed E-state index contributed by atoms with van der Waals surface area (Å²) in [6.45, 7) is 8.89. The Kier molecular flexibility index (Phi) is 18.6. The fourth-order valence-electron chi connectivity index (χ4n) is 9.69. The van der Waals surface area contributed by atoms with Crippen LogP contribution in [0.3, 0.4) is 0 Å². The molecule has 0 spiro atoms. The Labute approximate surface area is 484 Å². The predicted molar refractivity (Wildman–Crippen MR) is 314 cm³/mol. The molecule has 0 aliphatic carbocycles. The number of benzene rings is 6. The van der Waals surface area contributed by atoms with E-state index in [4.69, 9.17) is 46.7 Å². The molecule has 0 saturated carbocycles. The predicted octanol–water partition coefficient (Wildman–Crippen LogP) is 9.10. The lowest BCUT2D eigenvalue weighted by Gasteiger charge is -2.33. The summed E-state index contributed by atoms with van der Waals surface area (Å²) in [4.78, 5) is 32.1. The molecule has 4 aromatic heterocycles. The SMILES string of the molecule is COc1cccc(COc2c(-c3ccc(OCCOCCn4cc(CN5CCN(Cc6cn(CCOCCOc7ccc(-c8oc9ccccc9c(=O)c8OCc8cccc(OC)c8)cc7)nn6)CC5)nn4)cc3)oc3ccccc3c2=O)c1. The second-order valence-electron chi connectivity index (χ2n) is 19.9. The van der Waals surface area contributed by atoms with Gasteiger partial charge in [-0.05, 0) is 108 Å². The van der Waals surface area contributed by atoms with E-state index in [1.165, 1.54) is 0 Å². The molecule has 0 bridgehead atoms. The van der Waals surface area contributed by atoms with Gasteiger partial charge in [0.25, 0.3) is 0 Å². The van der Waals surface area contributed by atoms with Crippen molar-refractivity contribution in [3.63, 3.8) is 0 Å². The van der Waals surface area contributed by atoms with Gasteiger partial charge in [-0.15, -0.1) is 10.2 Å². The molecule has 1 saturated heterocycles. The first-order chi connectivity index (χ1) is 41.3. The molecule has 0 radical (unpaired) electrons. The molecular formula is C64H64N8O12. The summed E-state index contributed by atoms with van der Waals surface area (Å²) in [5, 5.41) is 18.4. The number of fused-ring (bicyclic) bond motifs is 2. The number of aromatic nitrogens is 6. The first kappa shape index (κ1) is 56.5. The van der Waals surface area contributed by atoms with Crippen molar-refractivity contribution in [2.24, 2.45) is 0 Å². The van der Waals surface area contributed by atoms with Gasteiger partial charge in [-0.2, -0.15) is 0 Å². The van der Waals surface area contributed by atoms with Crippen LogP contribution < -0.4 is 39.3 Å². The van der Waals surface area contributed by atoms with Crippen LogP contribution in [-0.2, 0) is 48.9 Å². The maximum atomic E-state index is 13.6. The molecule has 432 valence electrons. The van der Waals surface area contributed by atoms with Crippen molar-refractivity contribution in [3.05, 3.63) is 201 Å². The second-order valence-corrected chi connectivity index (χ2v) is 19.9. The molecule has 1 aliphatic rings. The van der Waals surface area contributed by atoms with E-state index in [0.717, 1.165) is 61.8 Å². The van der Waals surface area contributed by atoms with Crippen LogP contribution in [0.15, 0.2) is 176 Å². The molecule has 84 heavy (non-hydrogen) atoms. The molecule has 0 amide bonds. The summed E-state index contributed by atoms with van der Waals surface area (Å²) in [6, 6.07) is 44.0. The third kappa shape index (κ3) is 14.5. The number of ether oxygens (including phenoxy) is 8. The Morgan fingerprint density at radius 3 is 1.31 bits per heavy atom. The molecule has 0 N–H and O–H groups in total. The Morgan fingerprint density at radius 1 is 0.452 bits per heavy atom. The van der Waals surface area contributed by atoms with E-state index >= 15 is 0 Å². The van der Waals surface area contributed by atoms with E-state index in [2.05, 4.69) is 30.4 Å². The number of rotatable bonds is 28. The van der Waals surface area contributed by atoms with E-state index in [1.807, 2.05) is 131 Å². The van der Waals surface area contributed by atoms with Crippen LogP contribution in [-0.4, -0.2) is 120 Å². The summed E-state index contributed by atoms with van der Waals surface area (Å²) >= 11 is 0. The molecule has 11 rings (SSSR count). The van der Waals surface area contributed by atoms with E-state index in [0.29, 0.717) is 120 Å². The van der Waals surface area contributed by atoms with E-state index < -0.39 is 0 Å². The van der Waals surface area contributed by atoms with Crippen molar-refractivity contribution in [1.82, 2.24) is 39.8 Å². The lowest BCUT2D eigenvalue weighted by Crippen LogP contribution is -2.45. The molecule has 20 heteroatoms. The number of piperazine rings is 1. The third-order valence-corrected chi connectivity index (χ3v) is 14.1. The lowest BCUT2D eigenvalue weighted by molar-refractivity contribution is 0.0923. The average molecular weight is 1140 g/mol. The monoisotopic (exact) mass is 1140 g/mol. The summed E-state index contributed by atoms with van der Waals surface area (Å²) < 4.78 is 62.8. The highest BCUT2D eigenvalue weighted by Crippen LogP contribution is 2.35. The molecule has 0 unspecified atom stereocenters. The molecule has 1 aliphatic heterocycles. The quantitative estimate of drug-likeness (QED) is 0.0420. The Hall–Kier alpha value is -9.34. The maximum Gasteiger partial charge on any atom is 0.235 e. The summed E-state index contributed by atoms with van der Waals surface area (Å²) in [6.07, 6.45) is 3.95. The van der Waals surface area contributed by atoms with Gasteiger partial charge in [0.15, 0.2) is 11.5 Å². The molecular weight excluding hydrogens is 1070 g/mol. The Morgan fingerprint density at radius 2 is 0.881 bits per heavy atom. The van der Waals surface area contributed by atoms with Crippen LogP contribution in [0, 0.1) is 0 Å². The summed E-state index contributed by atoms with van der Waals surface area (Å²) in [7, 11) is 3.22. The van der Waals surface area contributed by atoms with Crippen molar-refractivity contribution in [2.45, 2.75) is 39.4 Å². The van der Waals surface area contributed by atoms with E-state index in [9.17, 15) is 9.59 Å². The van der Waals surface area contributed by atoms with Crippen molar-refractivity contribution in [1.29, 1.82) is 0 Å². The molecule has 1 fully saturated rings. The standard InChI is InChI=1S/C64H64N8O12/c1-75-53-11-7-9-45(37-53)43-81-63-59(73)55-13-3-5-15-57(55)83-61(63)47-17-21-51(22-18-47)79-35-33-77-31-29-71-41-49(65-67-71)39-69-25-27-70(28-26-69)40-50-42-72(68-66-50)30-32-78-34-36-80-52-23-19-48(20-24-52)62-64(60(74)56-14-4-6-16-58(56)84-62)82-44-46-10-8-12-54(38-46)76-2/h3-24,37-38,41-42H,25-36,39-40,43-44H2,1-2H3. The minimum Gasteiger partial charge on any atom is -0.497 e. The lowest BCUT2D eigenvalue weighted by atomic mass is 10.1. The van der Waals surface area contributed by atoms with Crippen LogP contribution in [0.1, 0.15) is 22.5 Å². The van der Waals surface area contributed by atoms with Gasteiger partial charge >= 0.3 is 0 Å². The number of hydrogen-bond donors (Lipinski definition) is 0. The van der Waals surface area contributed by atoms with Crippen LogP contribution in [0.25, 0.3) is 44.6 Å². The van der Waals surface area contributed by atoms with Crippen molar-refractivity contribution in [2.75, 3.05) is 80.0 Å². The highest BCUT2D eigenvalue weighted by molar-refractivity contribution is 5.83. The smallest absolute Gasteiger partial charge is 0.235 e. The van der Waals surface area contributed by atoms with Crippen LogP contribution >= 0.6 is 0 Å². The van der Waals surface area contributed by atoms with Crippen molar-refractivity contribution in [3.8, 4) is 57.1 Å². The molecule has 20 nitrogen and oxygen atoms in total. The zero-order valence-electron chi connectivity index (χ0n) is 46.8. The summed E-state index contributed by atoms with van der Waals surface area (Å²) in [5.41, 5.74) is 5.35. The third-order valence-electron chi connectivity index (χ3n) is 14.1. The molecule has 5 heterocycles. The largest absolute Gasteiger partial charge is 0.497 e. The second kappa shape index (κ2) is 27.6. The first-order valence-electron chi connectivity index (χ1n) is 27.8. The minimum atomic E-state index is -0.245. The maximum absolute atomic E-state index is 13.6. The zero-order chi connectivity index (χ0) is 57.5. The summed E-state index contributed by atoms with van der Waals surface area (Å²) in [5.74, 6) is 3.67. The fourth-order valence-corrected chi connectivity index (χ4v) is 9.69. The van der Waals surface area contributed by atoms with Crippen molar-refractivity contribution < 1.29 is 46.7 Å². The molecule has 0 atom stereocenters. The fraction of sp³-hybridized carbons (Fsp3) is 0.281. The molecule has 6 aromatic carbocycles. The number of hydrogen-bond acceptors (Lipinski definition) is 18. The van der Waals surface area contributed by atoms with Crippen molar-refractivity contribution >= 4 is 21.9 Å². The topological polar surface area (TPSA) is 202 Å². The number of methoxy groups -OCH3 is 2. The average Bonchev–Trinajstić information content (AvgIpc) is 3.12. The van der Waals surface area contributed by atoms with Gasteiger partial charge in [0, 0.05) is 62.8 Å².